The minimum Gasteiger partial charge on any atom is -0.467 e. The molecule has 1 aliphatic rings. The molecule has 3 heterocycles. The first-order chi connectivity index (χ1) is 13.3. The van der Waals surface area contributed by atoms with Crippen LogP contribution < -0.4 is 14.4 Å². The minimum absolute atomic E-state index is 0.0176. The molecule has 1 N–H and O–H groups in total. The number of ether oxygens (including phenoxy) is 1. The highest BCUT2D eigenvalue weighted by Crippen LogP contribution is 2.19. The lowest BCUT2D eigenvalue weighted by Gasteiger charge is -2.26. The van der Waals surface area contributed by atoms with Gasteiger partial charge < -0.3 is 14.2 Å². The summed E-state index contributed by atoms with van der Waals surface area (Å²) < 4.78 is 34.7. The van der Waals surface area contributed by atoms with E-state index in [1.165, 1.54) is 19.7 Å². The van der Waals surface area contributed by atoms with E-state index in [1.807, 2.05) is 13.8 Å². The van der Waals surface area contributed by atoms with E-state index in [0.29, 0.717) is 17.6 Å². The molecule has 154 valence electrons. The van der Waals surface area contributed by atoms with Crippen LogP contribution in [0.5, 0.6) is 6.01 Å². The normalized spacial score (nSPS) is 15.2. The van der Waals surface area contributed by atoms with Crippen LogP contribution in [0.15, 0.2) is 11.2 Å². The first-order valence-electron chi connectivity index (χ1n) is 9.37. The Morgan fingerprint density at radius 3 is 2.46 bits per heavy atom. The van der Waals surface area contributed by atoms with Crippen LogP contribution in [-0.4, -0.2) is 53.1 Å². The smallest absolute Gasteiger partial charge is 0.321 e. The van der Waals surface area contributed by atoms with Crippen LogP contribution in [-0.2, 0) is 23.6 Å². The third-order valence-corrected chi connectivity index (χ3v) is 5.84. The van der Waals surface area contributed by atoms with Gasteiger partial charge in [0.15, 0.2) is 10.9 Å². The van der Waals surface area contributed by atoms with E-state index in [9.17, 15) is 8.42 Å². The fourth-order valence-electron chi connectivity index (χ4n) is 3.14. The number of sulfonamides is 1. The van der Waals surface area contributed by atoms with Crippen molar-refractivity contribution in [3.63, 3.8) is 0 Å². The summed E-state index contributed by atoms with van der Waals surface area (Å²) in [5.74, 6) is 1.64. The van der Waals surface area contributed by atoms with Gasteiger partial charge in [-0.2, -0.15) is 15.0 Å². The van der Waals surface area contributed by atoms with Crippen LogP contribution in [0.25, 0.3) is 0 Å². The first-order valence-corrected chi connectivity index (χ1v) is 10.9. The predicted octanol–water partition coefficient (Wildman–Crippen LogP) is 1.21. The molecule has 0 atom stereocenters. The Kier molecular flexibility index (Phi) is 6.14. The average Bonchev–Trinajstić information content (AvgIpc) is 3.10. The van der Waals surface area contributed by atoms with Gasteiger partial charge in [-0.3, -0.25) is 0 Å². The van der Waals surface area contributed by atoms with Gasteiger partial charge in [0.25, 0.3) is 10.0 Å². The van der Waals surface area contributed by atoms with E-state index in [2.05, 4.69) is 29.6 Å². The number of methoxy groups -OCH3 is 1. The number of anilines is 1. The molecule has 0 aliphatic carbocycles. The molecule has 3 rings (SSSR count). The molecule has 10 nitrogen and oxygen atoms in total. The Morgan fingerprint density at radius 2 is 1.86 bits per heavy atom. The Hall–Kier alpha value is -2.27. The SMILES string of the molecule is COc1nc(CNS(=O)(=O)c2cn(C)c(C(C)C)n2)nc(N2CCCCC2)n1. The van der Waals surface area contributed by atoms with E-state index in [0.717, 1.165) is 25.9 Å². The van der Waals surface area contributed by atoms with Crippen molar-refractivity contribution < 1.29 is 13.2 Å². The summed E-state index contributed by atoms with van der Waals surface area (Å²) in [6.07, 6.45) is 4.85. The lowest BCUT2D eigenvalue weighted by molar-refractivity contribution is 0.374. The van der Waals surface area contributed by atoms with E-state index in [1.54, 1.807) is 11.6 Å². The predicted molar refractivity (Wildman–Crippen MR) is 104 cm³/mol. The summed E-state index contributed by atoms with van der Waals surface area (Å²) in [5, 5.41) is -0.0176. The van der Waals surface area contributed by atoms with Crippen LogP contribution in [0.1, 0.15) is 50.7 Å². The fourth-order valence-corrected chi connectivity index (χ4v) is 4.12. The molecule has 1 aliphatic heterocycles. The van der Waals surface area contributed by atoms with Crippen molar-refractivity contribution >= 4 is 16.0 Å². The molecule has 0 unspecified atom stereocenters. The van der Waals surface area contributed by atoms with E-state index in [4.69, 9.17) is 4.74 Å². The summed E-state index contributed by atoms with van der Waals surface area (Å²) >= 11 is 0. The van der Waals surface area contributed by atoms with Crippen molar-refractivity contribution in [1.29, 1.82) is 0 Å². The number of aromatic nitrogens is 5. The highest BCUT2D eigenvalue weighted by Gasteiger charge is 2.22. The maximum absolute atomic E-state index is 12.6. The summed E-state index contributed by atoms with van der Waals surface area (Å²) in [6.45, 7) is 5.58. The van der Waals surface area contributed by atoms with Gasteiger partial charge in [0.1, 0.15) is 5.82 Å². The Bertz CT molecular complexity index is 921. The van der Waals surface area contributed by atoms with Crippen LogP contribution in [0.4, 0.5) is 5.95 Å². The van der Waals surface area contributed by atoms with Gasteiger partial charge in [0.05, 0.1) is 13.7 Å². The minimum atomic E-state index is -3.79. The summed E-state index contributed by atoms with van der Waals surface area (Å²) in [5.41, 5.74) is 0. The van der Waals surface area contributed by atoms with Crippen molar-refractivity contribution in [2.45, 2.75) is 50.6 Å². The molecule has 0 radical (unpaired) electrons. The lowest BCUT2D eigenvalue weighted by atomic mass is 10.1. The highest BCUT2D eigenvalue weighted by molar-refractivity contribution is 7.89. The van der Waals surface area contributed by atoms with Crippen LogP contribution in [0.3, 0.4) is 0 Å². The highest BCUT2D eigenvalue weighted by atomic mass is 32.2. The van der Waals surface area contributed by atoms with Crippen molar-refractivity contribution in [2.24, 2.45) is 7.05 Å². The Labute approximate surface area is 165 Å². The zero-order valence-corrected chi connectivity index (χ0v) is 17.5. The number of hydrogen-bond acceptors (Lipinski definition) is 8. The van der Waals surface area contributed by atoms with Gasteiger partial charge in [-0.1, -0.05) is 13.8 Å². The molecular weight excluding hydrogens is 382 g/mol. The molecule has 11 heteroatoms. The van der Waals surface area contributed by atoms with E-state index >= 15 is 0 Å². The summed E-state index contributed by atoms with van der Waals surface area (Å²) in [4.78, 5) is 19.2. The molecule has 1 fully saturated rings. The molecule has 0 spiro atoms. The van der Waals surface area contributed by atoms with Crippen LogP contribution >= 0.6 is 0 Å². The van der Waals surface area contributed by atoms with E-state index in [-0.39, 0.29) is 23.5 Å². The molecule has 0 amide bonds. The molecule has 0 saturated carbocycles. The number of piperidine rings is 1. The number of hydrogen-bond donors (Lipinski definition) is 1. The van der Waals surface area contributed by atoms with Gasteiger partial charge >= 0.3 is 6.01 Å². The maximum Gasteiger partial charge on any atom is 0.321 e. The molecular formula is C17H27N7O3S. The van der Waals surface area contributed by atoms with Crippen molar-refractivity contribution in [3.05, 3.63) is 17.8 Å². The van der Waals surface area contributed by atoms with E-state index < -0.39 is 10.0 Å². The summed E-state index contributed by atoms with van der Waals surface area (Å²) in [6, 6.07) is 0.171. The van der Waals surface area contributed by atoms with Gasteiger partial charge in [0, 0.05) is 32.3 Å². The fraction of sp³-hybridized carbons (Fsp3) is 0.647. The Balaban J connectivity index is 1.78. The quantitative estimate of drug-likeness (QED) is 0.725. The van der Waals surface area contributed by atoms with Gasteiger partial charge in [0.2, 0.25) is 5.95 Å². The summed E-state index contributed by atoms with van der Waals surface area (Å²) in [7, 11) is -0.530. The van der Waals surface area contributed by atoms with Crippen molar-refractivity contribution in [3.8, 4) is 6.01 Å². The van der Waals surface area contributed by atoms with Gasteiger partial charge in [-0.15, -0.1) is 0 Å². The molecule has 28 heavy (non-hydrogen) atoms. The zero-order valence-electron chi connectivity index (χ0n) is 16.7. The molecule has 1 saturated heterocycles. The number of rotatable bonds is 7. The van der Waals surface area contributed by atoms with Crippen LogP contribution in [0.2, 0.25) is 0 Å². The first kappa shape index (κ1) is 20.5. The monoisotopic (exact) mass is 409 g/mol. The second-order valence-electron chi connectivity index (χ2n) is 7.11. The molecule has 2 aromatic rings. The number of aryl methyl sites for hydroxylation is 1. The lowest BCUT2D eigenvalue weighted by Crippen LogP contribution is -2.32. The largest absolute Gasteiger partial charge is 0.467 e. The average molecular weight is 410 g/mol. The van der Waals surface area contributed by atoms with Gasteiger partial charge in [-0.25, -0.2) is 18.1 Å². The number of nitrogens with zero attached hydrogens (tertiary/aromatic N) is 6. The van der Waals surface area contributed by atoms with Crippen molar-refractivity contribution in [2.75, 3.05) is 25.1 Å². The number of nitrogens with one attached hydrogen (secondary N) is 1. The zero-order chi connectivity index (χ0) is 20.3. The number of imidazole rings is 1. The second kappa shape index (κ2) is 8.39. The van der Waals surface area contributed by atoms with Gasteiger partial charge in [-0.05, 0) is 19.3 Å². The maximum atomic E-state index is 12.6. The topological polar surface area (TPSA) is 115 Å². The molecule has 0 bridgehead atoms. The third kappa shape index (κ3) is 4.58. The molecule has 2 aromatic heterocycles. The van der Waals surface area contributed by atoms with Crippen molar-refractivity contribution in [1.82, 2.24) is 29.2 Å². The second-order valence-corrected chi connectivity index (χ2v) is 8.83. The Morgan fingerprint density at radius 1 is 1.14 bits per heavy atom. The third-order valence-electron chi connectivity index (χ3n) is 4.57. The van der Waals surface area contributed by atoms with Crippen LogP contribution in [0, 0.1) is 0 Å². The molecule has 0 aromatic carbocycles. The standard InChI is InChI=1S/C17H27N7O3S/c1-12(2)15-21-14(11-23(15)3)28(25,26)18-10-13-19-16(22-17(20-13)27-4)24-8-6-5-7-9-24/h11-12,18H,5-10H2,1-4H3.